The molecule has 2 aromatic heterocycles. The largest absolute Gasteiger partial charge is 0.348 e. The summed E-state index contributed by atoms with van der Waals surface area (Å²) in [4.78, 5) is 17.1. The summed E-state index contributed by atoms with van der Waals surface area (Å²) < 4.78 is 1.99. The van der Waals surface area contributed by atoms with Crippen LogP contribution < -0.4 is 10.6 Å². The van der Waals surface area contributed by atoms with Crippen molar-refractivity contribution in [3.05, 3.63) is 95.8 Å². The molecule has 0 aliphatic rings. The van der Waals surface area contributed by atoms with E-state index in [4.69, 9.17) is 4.98 Å². The predicted molar refractivity (Wildman–Crippen MR) is 120 cm³/mol. The van der Waals surface area contributed by atoms with Crippen molar-refractivity contribution in [3.8, 4) is 0 Å². The van der Waals surface area contributed by atoms with Crippen LogP contribution in [-0.2, 0) is 6.54 Å². The van der Waals surface area contributed by atoms with Crippen molar-refractivity contribution in [1.29, 1.82) is 0 Å². The second-order valence-corrected chi connectivity index (χ2v) is 7.23. The minimum atomic E-state index is -0.101. The van der Waals surface area contributed by atoms with E-state index in [0.29, 0.717) is 23.6 Å². The molecule has 5 aromatic rings. The van der Waals surface area contributed by atoms with Gasteiger partial charge in [0.1, 0.15) is 5.82 Å². The summed E-state index contributed by atoms with van der Waals surface area (Å²) in [7, 11) is 0. The van der Waals surface area contributed by atoms with Gasteiger partial charge in [0.05, 0.1) is 11.0 Å². The number of carbonyl (C=O) groups excluding carboxylic acids is 1. The van der Waals surface area contributed by atoms with Gasteiger partial charge in [0.25, 0.3) is 5.91 Å². The fourth-order valence-corrected chi connectivity index (χ4v) is 3.58. The van der Waals surface area contributed by atoms with Gasteiger partial charge in [0, 0.05) is 17.8 Å². The Morgan fingerprint density at radius 3 is 2.61 bits per heavy atom. The number of hydrogen-bond donors (Lipinski definition) is 2. The molecular formula is C24H20N6O. The lowest BCUT2D eigenvalue weighted by molar-refractivity contribution is 0.0951. The van der Waals surface area contributed by atoms with E-state index < -0.39 is 0 Å². The monoisotopic (exact) mass is 408 g/mol. The first kappa shape index (κ1) is 18.7. The third kappa shape index (κ3) is 3.69. The quantitative estimate of drug-likeness (QED) is 0.454. The van der Waals surface area contributed by atoms with Crippen LogP contribution >= 0.6 is 0 Å². The summed E-state index contributed by atoms with van der Waals surface area (Å²) in [5.74, 6) is 1.33. The van der Waals surface area contributed by atoms with Crippen molar-refractivity contribution >= 4 is 34.1 Å². The van der Waals surface area contributed by atoms with Crippen molar-refractivity contribution in [3.63, 3.8) is 0 Å². The Bertz CT molecular complexity index is 1390. The molecule has 7 nitrogen and oxygen atoms in total. The predicted octanol–water partition coefficient (Wildman–Crippen LogP) is 4.26. The Hall–Kier alpha value is -4.26. The number of fused-ring (bicyclic) bond motifs is 3. The first-order chi connectivity index (χ1) is 15.2. The lowest BCUT2D eigenvalue weighted by Crippen LogP contribution is -2.22. The van der Waals surface area contributed by atoms with Crippen LogP contribution in [0.25, 0.3) is 16.7 Å². The van der Waals surface area contributed by atoms with E-state index in [0.717, 1.165) is 28.1 Å². The lowest BCUT2D eigenvalue weighted by atomic mass is 10.1. The molecule has 0 spiro atoms. The number of hydrogen-bond acceptors (Lipinski definition) is 5. The molecule has 31 heavy (non-hydrogen) atoms. The Kier molecular flexibility index (Phi) is 4.76. The highest BCUT2D eigenvalue weighted by Crippen LogP contribution is 2.24. The van der Waals surface area contributed by atoms with Gasteiger partial charge in [-0.1, -0.05) is 42.5 Å². The van der Waals surface area contributed by atoms with Crippen molar-refractivity contribution in [2.75, 3.05) is 5.32 Å². The normalized spacial score (nSPS) is 11.0. The molecule has 0 atom stereocenters. The smallest absolute Gasteiger partial charge is 0.251 e. The topological polar surface area (TPSA) is 84.2 Å². The molecule has 0 aliphatic heterocycles. The molecule has 1 amide bonds. The second kappa shape index (κ2) is 7.87. The zero-order chi connectivity index (χ0) is 21.2. The molecule has 0 bridgehead atoms. The number of aryl methyl sites for hydroxylation is 1. The Morgan fingerprint density at radius 2 is 1.74 bits per heavy atom. The molecule has 0 fully saturated rings. The highest BCUT2D eigenvalue weighted by molar-refractivity contribution is 5.94. The van der Waals surface area contributed by atoms with E-state index in [9.17, 15) is 4.79 Å². The third-order valence-corrected chi connectivity index (χ3v) is 5.07. The molecule has 2 heterocycles. The number of rotatable bonds is 5. The highest BCUT2D eigenvalue weighted by atomic mass is 16.1. The highest BCUT2D eigenvalue weighted by Gasteiger charge is 2.13. The van der Waals surface area contributed by atoms with Crippen LogP contribution in [0.1, 0.15) is 21.7 Å². The molecule has 2 N–H and O–H groups in total. The fourth-order valence-electron chi connectivity index (χ4n) is 3.58. The average molecular weight is 408 g/mol. The van der Waals surface area contributed by atoms with E-state index in [-0.39, 0.29) is 5.91 Å². The second-order valence-electron chi connectivity index (χ2n) is 7.23. The minimum Gasteiger partial charge on any atom is -0.348 e. The molecule has 0 unspecified atom stereocenters. The third-order valence-electron chi connectivity index (χ3n) is 5.07. The molecule has 0 radical (unpaired) electrons. The van der Waals surface area contributed by atoms with Crippen LogP contribution in [-0.4, -0.2) is 25.5 Å². The maximum Gasteiger partial charge on any atom is 0.251 e. The van der Waals surface area contributed by atoms with E-state index in [1.807, 2.05) is 78.1 Å². The minimum absolute atomic E-state index is 0.101. The van der Waals surface area contributed by atoms with Crippen LogP contribution in [0.2, 0.25) is 0 Å². The number of benzene rings is 3. The molecular weight excluding hydrogens is 388 g/mol. The summed E-state index contributed by atoms with van der Waals surface area (Å²) >= 11 is 0. The van der Waals surface area contributed by atoms with Crippen LogP contribution in [0.5, 0.6) is 0 Å². The Balaban J connectivity index is 1.41. The zero-order valence-electron chi connectivity index (χ0n) is 16.9. The number of amides is 1. The molecule has 7 heteroatoms. The molecule has 3 aromatic carbocycles. The van der Waals surface area contributed by atoms with Gasteiger partial charge in [-0.3, -0.25) is 9.20 Å². The first-order valence-corrected chi connectivity index (χ1v) is 9.99. The van der Waals surface area contributed by atoms with Gasteiger partial charge in [-0.05, 0) is 48.9 Å². The van der Waals surface area contributed by atoms with Gasteiger partial charge in [-0.25, -0.2) is 4.98 Å². The van der Waals surface area contributed by atoms with Crippen molar-refractivity contribution in [2.24, 2.45) is 0 Å². The number of nitrogens with zero attached hydrogens (tertiary/aromatic N) is 4. The number of para-hydroxylation sites is 2. The van der Waals surface area contributed by atoms with Gasteiger partial charge >= 0.3 is 0 Å². The zero-order valence-corrected chi connectivity index (χ0v) is 16.9. The van der Waals surface area contributed by atoms with Crippen LogP contribution in [0.3, 0.4) is 0 Å². The Labute approximate surface area is 178 Å². The van der Waals surface area contributed by atoms with E-state index in [2.05, 4.69) is 20.8 Å². The standard InChI is InChI=1S/C24H20N6O/c1-16-28-29-23-22(27-20-12-5-6-13-21(20)30(16)23)26-19-11-7-8-17(14-19)15-25-24(31)18-9-3-2-4-10-18/h2-14H,15H2,1H3,(H,25,31)(H,26,27). The summed E-state index contributed by atoms with van der Waals surface area (Å²) in [6.45, 7) is 2.35. The Morgan fingerprint density at radius 1 is 0.935 bits per heavy atom. The van der Waals surface area contributed by atoms with Crippen LogP contribution in [0.15, 0.2) is 78.9 Å². The van der Waals surface area contributed by atoms with Gasteiger partial charge in [0.2, 0.25) is 5.65 Å². The van der Waals surface area contributed by atoms with E-state index in [1.54, 1.807) is 12.1 Å². The van der Waals surface area contributed by atoms with Crippen molar-refractivity contribution in [1.82, 2.24) is 24.9 Å². The van der Waals surface area contributed by atoms with Crippen molar-refractivity contribution < 1.29 is 4.79 Å². The summed E-state index contributed by atoms with van der Waals surface area (Å²) in [5.41, 5.74) is 4.95. The molecule has 152 valence electrons. The maximum absolute atomic E-state index is 12.3. The van der Waals surface area contributed by atoms with Crippen LogP contribution in [0, 0.1) is 6.92 Å². The van der Waals surface area contributed by atoms with Crippen LogP contribution in [0.4, 0.5) is 11.5 Å². The van der Waals surface area contributed by atoms with E-state index >= 15 is 0 Å². The average Bonchev–Trinajstić information content (AvgIpc) is 3.21. The van der Waals surface area contributed by atoms with Crippen molar-refractivity contribution in [2.45, 2.75) is 13.5 Å². The number of aromatic nitrogens is 4. The summed E-state index contributed by atoms with van der Waals surface area (Å²) in [5, 5.41) is 14.9. The summed E-state index contributed by atoms with van der Waals surface area (Å²) in [6, 6.07) is 25.0. The molecule has 0 saturated carbocycles. The first-order valence-electron chi connectivity index (χ1n) is 9.99. The fraction of sp³-hybridized carbons (Fsp3) is 0.0833. The van der Waals surface area contributed by atoms with Gasteiger partial charge in [-0.15, -0.1) is 10.2 Å². The van der Waals surface area contributed by atoms with E-state index in [1.165, 1.54) is 0 Å². The molecule has 0 aliphatic carbocycles. The molecule has 0 saturated heterocycles. The molecule has 5 rings (SSSR count). The number of carbonyl (C=O) groups is 1. The summed E-state index contributed by atoms with van der Waals surface area (Å²) in [6.07, 6.45) is 0. The maximum atomic E-state index is 12.3. The SMILES string of the molecule is Cc1nnc2c(Nc3cccc(CNC(=O)c4ccccc4)c3)nc3ccccc3n12. The van der Waals surface area contributed by atoms with Gasteiger partial charge < -0.3 is 10.6 Å². The van der Waals surface area contributed by atoms with Gasteiger partial charge in [0.15, 0.2) is 5.82 Å². The number of anilines is 2. The van der Waals surface area contributed by atoms with Gasteiger partial charge in [-0.2, -0.15) is 0 Å². The number of nitrogens with one attached hydrogen (secondary N) is 2. The lowest BCUT2D eigenvalue weighted by Gasteiger charge is -2.11.